The summed E-state index contributed by atoms with van der Waals surface area (Å²) < 4.78 is 14.2. The van der Waals surface area contributed by atoms with Crippen molar-refractivity contribution in [3.05, 3.63) is 96.6 Å². The van der Waals surface area contributed by atoms with Gasteiger partial charge in [0, 0.05) is 30.3 Å². The Balaban J connectivity index is 1.73. The lowest BCUT2D eigenvalue weighted by atomic mass is 10.1. The van der Waals surface area contributed by atoms with E-state index in [4.69, 9.17) is 0 Å². The van der Waals surface area contributed by atoms with Gasteiger partial charge >= 0.3 is 0 Å². The number of nitro groups is 2. The summed E-state index contributed by atoms with van der Waals surface area (Å²) in [7, 11) is 0. The Morgan fingerprint density at radius 2 is 1.61 bits per heavy atom. The number of nitro benzene ring substituents is 2. The molecule has 0 unspecified atom stereocenters. The Morgan fingerprint density at radius 3 is 2.19 bits per heavy atom. The van der Waals surface area contributed by atoms with E-state index >= 15 is 0 Å². The quantitative estimate of drug-likeness (QED) is 0.449. The Bertz CT molecular complexity index is 1190. The summed E-state index contributed by atoms with van der Waals surface area (Å²) in [5.41, 5.74) is -0.885. The lowest BCUT2D eigenvalue weighted by Gasteiger charge is -2.09. The average molecular weight is 427 g/mol. The molecule has 0 radical (unpaired) electrons. The van der Waals surface area contributed by atoms with Crippen molar-refractivity contribution in [1.82, 2.24) is 15.1 Å². The van der Waals surface area contributed by atoms with Gasteiger partial charge in [0.2, 0.25) is 0 Å². The van der Waals surface area contributed by atoms with E-state index in [2.05, 4.69) is 10.4 Å². The Labute approximate surface area is 173 Å². The van der Waals surface area contributed by atoms with Crippen LogP contribution in [0.3, 0.4) is 0 Å². The second-order valence-electron chi connectivity index (χ2n) is 6.30. The highest BCUT2D eigenvalue weighted by atomic mass is 19.1. The third-order valence-electron chi connectivity index (χ3n) is 4.20. The summed E-state index contributed by atoms with van der Waals surface area (Å²) in [6, 6.07) is 10.9. The minimum absolute atomic E-state index is 0.0311. The smallest absolute Gasteiger partial charge is 0.277 e. The van der Waals surface area contributed by atoms with Crippen molar-refractivity contribution in [2.75, 3.05) is 6.54 Å². The van der Waals surface area contributed by atoms with Crippen LogP contribution in [-0.2, 0) is 6.54 Å². The van der Waals surface area contributed by atoms with Gasteiger partial charge in [-0.15, -0.1) is 0 Å². The Kier molecular flexibility index (Phi) is 6.10. The van der Waals surface area contributed by atoms with Crippen LogP contribution in [0.2, 0.25) is 0 Å². The zero-order valence-electron chi connectivity index (χ0n) is 15.7. The van der Waals surface area contributed by atoms with Crippen LogP contribution < -0.4 is 10.9 Å². The largest absolute Gasteiger partial charge is 0.350 e. The molecule has 0 atom stereocenters. The van der Waals surface area contributed by atoms with Crippen molar-refractivity contribution in [2.24, 2.45) is 0 Å². The Hall–Kier alpha value is -4.48. The SMILES string of the molecule is O=C(NCCn1nc(-c2ccc(F)cc2)ccc1=O)c1cc([N+](=O)[O-])cc([N+](=O)[O-])c1. The first-order valence-corrected chi connectivity index (χ1v) is 8.81. The van der Waals surface area contributed by atoms with Gasteiger partial charge in [-0.3, -0.25) is 29.8 Å². The van der Waals surface area contributed by atoms with E-state index in [0.717, 1.165) is 22.9 Å². The number of carbonyl (C=O) groups excluding carboxylic acids is 1. The van der Waals surface area contributed by atoms with E-state index in [9.17, 15) is 34.2 Å². The van der Waals surface area contributed by atoms with E-state index in [0.29, 0.717) is 11.3 Å². The first kappa shape index (κ1) is 21.2. The van der Waals surface area contributed by atoms with Crippen LogP contribution in [0, 0.1) is 26.0 Å². The molecule has 0 saturated carbocycles. The topological polar surface area (TPSA) is 150 Å². The summed E-state index contributed by atoms with van der Waals surface area (Å²) in [4.78, 5) is 44.5. The van der Waals surface area contributed by atoms with Crippen LogP contribution >= 0.6 is 0 Å². The first-order valence-electron chi connectivity index (χ1n) is 8.81. The first-order chi connectivity index (χ1) is 14.7. The number of aromatic nitrogens is 2. The van der Waals surface area contributed by atoms with Gasteiger partial charge in [0.15, 0.2) is 0 Å². The highest BCUT2D eigenvalue weighted by Gasteiger charge is 2.19. The molecule has 158 valence electrons. The molecule has 31 heavy (non-hydrogen) atoms. The zero-order valence-corrected chi connectivity index (χ0v) is 15.7. The van der Waals surface area contributed by atoms with Crippen LogP contribution in [0.25, 0.3) is 11.3 Å². The summed E-state index contributed by atoms with van der Waals surface area (Å²) in [5, 5.41) is 28.5. The lowest BCUT2D eigenvalue weighted by molar-refractivity contribution is -0.394. The Morgan fingerprint density at radius 1 is 1.00 bits per heavy atom. The highest BCUT2D eigenvalue weighted by molar-refractivity contribution is 5.95. The number of rotatable bonds is 7. The van der Waals surface area contributed by atoms with Crippen molar-refractivity contribution in [3.63, 3.8) is 0 Å². The standard InChI is InChI=1S/C19H14FN5O6/c20-14-3-1-12(2-4-14)17-5-6-18(26)23(22-17)8-7-21-19(27)13-9-15(24(28)29)11-16(10-13)25(30)31/h1-6,9-11H,7-8H2,(H,21,27). The summed E-state index contributed by atoms with van der Waals surface area (Å²) in [5.74, 6) is -1.20. The number of carbonyl (C=O) groups is 1. The van der Waals surface area contributed by atoms with Gasteiger partial charge in [-0.25, -0.2) is 9.07 Å². The maximum Gasteiger partial charge on any atom is 0.277 e. The predicted octanol–water partition coefficient (Wildman–Crippen LogP) is 2.30. The number of benzene rings is 2. The van der Waals surface area contributed by atoms with Crippen LogP contribution in [0.4, 0.5) is 15.8 Å². The van der Waals surface area contributed by atoms with E-state index in [1.807, 2.05) is 0 Å². The van der Waals surface area contributed by atoms with Crippen molar-refractivity contribution in [1.29, 1.82) is 0 Å². The molecule has 11 nitrogen and oxygen atoms in total. The molecule has 12 heteroatoms. The molecule has 3 rings (SSSR count). The number of halogens is 1. The van der Waals surface area contributed by atoms with Gasteiger partial charge in [0.05, 0.1) is 33.7 Å². The normalized spacial score (nSPS) is 10.5. The maximum atomic E-state index is 13.1. The summed E-state index contributed by atoms with van der Waals surface area (Å²) >= 11 is 0. The minimum Gasteiger partial charge on any atom is -0.350 e. The van der Waals surface area contributed by atoms with E-state index < -0.39 is 38.5 Å². The maximum absolute atomic E-state index is 13.1. The van der Waals surface area contributed by atoms with Crippen molar-refractivity contribution >= 4 is 17.3 Å². The molecule has 3 aromatic rings. The van der Waals surface area contributed by atoms with Gasteiger partial charge in [-0.05, 0) is 30.3 Å². The number of nitrogens with one attached hydrogen (secondary N) is 1. The summed E-state index contributed by atoms with van der Waals surface area (Å²) in [6.07, 6.45) is 0. The molecule has 0 aliphatic rings. The van der Waals surface area contributed by atoms with E-state index in [1.54, 1.807) is 0 Å². The molecule has 0 aliphatic carbocycles. The molecule has 2 aromatic carbocycles. The van der Waals surface area contributed by atoms with Gasteiger partial charge in [-0.1, -0.05) is 0 Å². The third-order valence-corrected chi connectivity index (χ3v) is 4.20. The zero-order chi connectivity index (χ0) is 22.5. The van der Waals surface area contributed by atoms with Crippen molar-refractivity contribution < 1.29 is 19.0 Å². The number of amides is 1. The molecule has 1 heterocycles. The van der Waals surface area contributed by atoms with Gasteiger partial charge in [-0.2, -0.15) is 5.10 Å². The monoisotopic (exact) mass is 427 g/mol. The van der Waals surface area contributed by atoms with Gasteiger partial charge < -0.3 is 5.32 Å². The van der Waals surface area contributed by atoms with Crippen LogP contribution in [0.15, 0.2) is 59.4 Å². The molecule has 1 N–H and O–H groups in total. The fourth-order valence-electron chi connectivity index (χ4n) is 2.70. The predicted molar refractivity (Wildman–Crippen MR) is 106 cm³/mol. The van der Waals surface area contributed by atoms with E-state index in [1.165, 1.54) is 36.4 Å². The second kappa shape index (κ2) is 8.90. The average Bonchev–Trinajstić information content (AvgIpc) is 2.75. The highest BCUT2D eigenvalue weighted by Crippen LogP contribution is 2.22. The number of nitrogens with zero attached hydrogens (tertiary/aromatic N) is 4. The van der Waals surface area contributed by atoms with Crippen LogP contribution in [0.5, 0.6) is 0 Å². The van der Waals surface area contributed by atoms with Crippen LogP contribution in [0.1, 0.15) is 10.4 Å². The van der Waals surface area contributed by atoms with E-state index in [-0.39, 0.29) is 18.7 Å². The minimum atomic E-state index is -0.839. The number of non-ortho nitro benzene ring substituents is 2. The molecule has 1 amide bonds. The third kappa shape index (κ3) is 5.12. The fourth-order valence-corrected chi connectivity index (χ4v) is 2.70. The van der Waals surface area contributed by atoms with Crippen LogP contribution in [-0.4, -0.2) is 32.1 Å². The van der Waals surface area contributed by atoms with Gasteiger partial charge in [0.1, 0.15) is 5.82 Å². The molecule has 0 aliphatic heterocycles. The number of hydrogen-bond acceptors (Lipinski definition) is 7. The van der Waals surface area contributed by atoms with Gasteiger partial charge in [0.25, 0.3) is 22.8 Å². The van der Waals surface area contributed by atoms with Crippen molar-refractivity contribution in [2.45, 2.75) is 6.54 Å². The lowest BCUT2D eigenvalue weighted by Crippen LogP contribution is -2.32. The molecule has 0 spiro atoms. The molecule has 1 aromatic heterocycles. The van der Waals surface area contributed by atoms with Crippen molar-refractivity contribution in [3.8, 4) is 11.3 Å². The fraction of sp³-hybridized carbons (Fsp3) is 0.105. The number of hydrogen-bond donors (Lipinski definition) is 1. The molecule has 0 bridgehead atoms. The summed E-state index contributed by atoms with van der Waals surface area (Å²) in [6.45, 7) is -0.105. The molecule has 0 saturated heterocycles. The molecular formula is C19H14FN5O6. The second-order valence-corrected chi connectivity index (χ2v) is 6.30. The molecular weight excluding hydrogens is 413 g/mol. The molecule has 0 fully saturated rings.